The second-order valence-corrected chi connectivity index (χ2v) is 10.6. The van der Waals surface area contributed by atoms with Gasteiger partial charge in [0.05, 0.1) is 12.0 Å². The zero-order valence-corrected chi connectivity index (χ0v) is 20.4. The Kier molecular flexibility index (Phi) is 7.51. The normalized spacial score (nSPS) is 23.5. The number of hydrogen-bond acceptors (Lipinski definition) is 7. The van der Waals surface area contributed by atoms with Crippen molar-refractivity contribution in [2.75, 3.05) is 36.5 Å². The molecule has 34 heavy (non-hydrogen) atoms. The number of benzene rings is 1. The molecule has 0 radical (unpaired) electrons. The summed E-state index contributed by atoms with van der Waals surface area (Å²) in [6, 6.07) is 8.21. The van der Waals surface area contributed by atoms with Crippen LogP contribution in [0.5, 0.6) is 0 Å². The molecule has 0 saturated carbocycles. The molecular formula is C25H33N5O3S. The molecule has 3 aliphatic heterocycles. The molecule has 2 atom stereocenters. The SMILES string of the molecule is O=C(Nc1nnc(CCC2CCCO2)s1)[C@H]1CC(=O)N(c2ccc(CN3CCCCC3)cc2)C1. The molecule has 3 aliphatic rings. The lowest BCUT2D eigenvalue weighted by Gasteiger charge is -2.26. The highest BCUT2D eigenvalue weighted by atomic mass is 32.1. The fraction of sp³-hybridized carbons (Fsp3) is 0.600. The van der Waals surface area contributed by atoms with E-state index in [0.717, 1.165) is 62.6 Å². The van der Waals surface area contributed by atoms with E-state index in [1.54, 1.807) is 4.90 Å². The number of likely N-dealkylation sites (tertiary alicyclic amines) is 1. The minimum Gasteiger partial charge on any atom is -0.378 e. The van der Waals surface area contributed by atoms with E-state index in [2.05, 4.69) is 32.5 Å². The van der Waals surface area contributed by atoms with Gasteiger partial charge in [-0.25, -0.2) is 0 Å². The highest BCUT2D eigenvalue weighted by molar-refractivity contribution is 7.15. The molecular weight excluding hydrogens is 450 g/mol. The Labute approximate surface area is 204 Å². The van der Waals surface area contributed by atoms with Gasteiger partial charge in [-0.1, -0.05) is 29.9 Å². The van der Waals surface area contributed by atoms with Gasteiger partial charge in [0.25, 0.3) is 0 Å². The second kappa shape index (κ2) is 10.9. The maximum Gasteiger partial charge on any atom is 0.231 e. The number of anilines is 2. The van der Waals surface area contributed by atoms with Crippen LogP contribution in [0.1, 0.15) is 55.5 Å². The zero-order valence-electron chi connectivity index (χ0n) is 19.6. The number of ether oxygens (including phenoxy) is 1. The molecule has 0 bridgehead atoms. The van der Waals surface area contributed by atoms with Gasteiger partial charge in [-0.05, 0) is 62.9 Å². The average molecular weight is 484 g/mol. The number of aryl methyl sites for hydroxylation is 1. The first kappa shape index (κ1) is 23.4. The van der Waals surface area contributed by atoms with E-state index in [4.69, 9.17) is 4.74 Å². The maximum absolute atomic E-state index is 12.8. The summed E-state index contributed by atoms with van der Waals surface area (Å²) in [4.78, 5) is 29.7. The van der Waals surface area contributed by atoms with Crippen LogP contribution in [0.25, 0.3) is 0 Å². The van der Waals surface area contributed by atoms with Gasteiger partial charge in [0.2, 0.25) is 16.9 Å². The summed E-state index contributed by atoms with van der Waals surface area (Å²) in [6.45, 7) is 4.52. The highest BCUT2D eigenvalue weighted by Crippen LogP contribution is 2.28. The fourth-order valence-corrected chi connectivity index (χ4v) is 5.82. The Morgan fingerprint density at radius 3 is 2.71 bits per heavy atom. The largest absolute Gasteiger partial charge is 0.378 e. The van der Waals surface area contributed by atoms with E-state index in [1.165, 1.54) is 36.2 Å². The number of piperidine rings is 1. The molecule has 8 nitrogen and oxygen atoms in total. The molecule has 0 spiro atoms. The van der Waals surface area contributed by atoms with Crippen LogP contribution in [-0.2, 0) is 27.3 Å². The number of nitrogens with one attached hydrogen (secondary N) is 1. The van der Waals surface area contributed by atoms with E-state index in [0.29, 0.717) is 17.8 Å². The summed E-state index contributed by atoms with van der Waals surface area (Å²) in [7, 11) is 0. The first-order valence-electron chi connectivity index (χ1n) is 12.5. The molecule has 2 aromatic rings. The number of hydrogen-bond donors (Lipinski definition) is 1. The van der Waals surface area contributed by atoms with Crippen molar-refractivity contribution in [3.05, 3.63) is 34.8 Å². The van der Waals surface area contributed by atoms with Gasteiger partial charge in [0.1, 0.15) is 5.01 Å². The van der Waals surface area contributed by atoms with Gasteiger partial charge in [-0.2, -0.15) is 0 Å². The van der Waals surface area contributed by atoms with Crippen LogP contribution in [0.15, 0.2) is 24.3 Å². The van der Waals surface area contributed by atoms with Crippen LogP contribution in [0, 0.1) is 5.92 Å². The Hall–Kier alpha value is -2.36. The lowest BCUT2D eigenvalue weighted by Crippen LogP contribution is -2.29. The summed E-state index contributed by atoms with van der Waals surface area (Å²) in [5, 5.41) is 12.6. The van der Waals surface area contributed by atoms with Crippen molar-refractivity contribution < 1.29 is 14.3 Å². The van der Waals surface area contributed by atoms with Crippen LogP contribution in [0.4, 0.5) is 10.8 Å². The molecule has 2 amide bonds. The minimum absolute atomic E-state index is 0.0153. The summed E-state index contributed by atoms with van der Waals surface area (Å²) < 4.78 is 5.66. The summed E-state index contributed by atoms with van der Waals surface area (Å²) in [5.41, 5.74) is 2.12. The molecule has 3 fully saturated rings. The Balaban J connectivity index is 1.12. The number of carbonyl (C=O) groups excluding carboxylic acids is 2. The second-order valence-electron chi connectivity index (χ2n) is 9.57. The highest BCUT2D eigenvalue weighted by Gasteiger charge is 2.35. The van der Waals surface area contributed by atoms with Crippen molar-refractivity contribution in [1.82, 2.24) is 15.1 Å². The Bertz CT molecular complexity index is 983. The van der Waals surface area contributed by atoms with E-state index < -0.39 is 0 Å². The first-order valence-corrected chi connectivity index (χ1v) is 13.3. The van der Waals surface area contributed by atoms with Crippen molar-refractivity contribution in [1.29, 1.82) is 0 Å². The van der Waals surface area contributed by atoms with Crippen LogP contribution in [0.3, 0.4) is 0 Å². The van der Waals surface area contributed by atoms with Crippen LogP contribution in [0.2, 0.25) is 0 Å². The van der Waals surface area contributed by atoms with Crippen molar-refractivity contribution in [2.45, 2.75) is 64.0 Å². The van der Waals surface area contributed by atoms with E-state index in [-0.39, 0.29) is 24.2 Å². The monoisotopic (exact) mass is 483 g/mol. The summed E-state index contributed by atoms with van der Waals surface area (Å²) in [6.07, 6.45) is 8.39. The zero-order chi connectivity index (χ0) is 23.3. The lowest BCUT2D eigenvalue weighted by atomic mass is 10.1. The number of amides is 2. The van der Waals surface area contributed by atoms with E-state index in [1.807, 2.05) is 12.1 Å². The molecule has 1 unspecified atom stereocenters. The number of aromatic nitrogens is 2. The van der Waals surface area contributed by atoms with Crippen molar-refractivity contribution >= 4 is 34.0 Å². The topological polar surface area (TPSA) is 87.7 Å². The van der Waals surface area contributed by atoms with Crippen molar-refractivity contribution in [2.24, 2.45) is 5.92 Å². The Morgan fingerprint density at radius 1 is 1.12 bits per heavy atom. The van der Waals surface area contributed by atoms with Gasteiger partial charge < -0.3 is 15.0 Å². The summed E-state index contributed by atoms with van der Waals surface area (Å²) >= 11 is 1.40. The van der Waals surface area contributed by atoms with Gasteiger partial charge in [-0.15, -0.1) is 10.2 Å². The molecule has 0 aliphatic carbocycles. The molecule has 1 N–H and O–H groups in total. The third-order valence-corrected chi connectivity index (χ3v) is 7.90. The number of rotatable bonds is 8. The van der Waals surface area contributed by atoms with Gasteiger partial charge in [0, 0.05) is 38.2 Å². The van der Waals surface area contributed by atoms with E-state index in [9.17, 15) is 9.59 Å². The molecule has 1 aromatic carbocycles. The van der Waals surface area contributed by atoms with E-state index >= 15 is 0 Å². The predicted molar refractivity (Wildman–Crippen MR) is 132 cm³/mol. The van der Waals surface area contributed by atoms with Crippen molar-refractivity contribution in [3.63, 3.8) is 0 Å². The van der Waals surface area contributed by atoms with Gasteiger partial charge in [-0.3, -0.25) is 14.5 Å². The quantitative estimate of drug-likeness (QED) is 0.617. The molecule has 9 heteroatoms. The molecule has 5 rings (SSSR count). The smallest absolute Gasteiger partial charge is 0.231 e. The summed E-state index contributed by atoms with van der Waals surface area (Å²) in [5.74, 6) is -0.572. The molecule has 3 saturated heterocycles. The average Bonchev–Trinajstić information content (AvgIpc) is 3.61. The lowest BCUT2D eigenvalue weighted by molar-refractivity contribution is -0.122. The number of nitrogens with zero attached hydrogens (tertiary/aromatic N) is 4. The standard InChI is InChI=1S/C25H33N5O3S/c31-23-15-19(24(32)26-25-28-27-22(34-25)11-10-21-5-4-14-33-21)17-30(23)20-8-6-18(7-9-20)16-29-12-2-1-3-13-29/h6-9,19,21H,1-5,10-17H2,(H,26,28,32)/t19-,21?/m0/s1. The minimum atomic E-state index is -0.389. The Morgan fingerprint density at radius 2 is 1.94 bits per heavy atom. The first-order chi connectivity index (χ1) is 16.6. The molecule has 182 valence electrons. The third kappa shape index (κ3) is 5.82. The van der Waals surface area contributed by atoms with Crippen LogP contribution < -0.4 is 10.2 Å². The number of carbonyl (C=O) groups is 2. The van der Waals surface area contributed by atoms with Gasteiger partial charge >= 0.3 is 0 Å². The predicted octanol–water partition coefficient (Wildman–Crippen LogP) is 3.63. The molecule has 1 aromatic heterocycles. The van der Waals surface area contributed by atoms with Crippen LogP contribution in [-0.4, -0.2) is 59.3 Å². The fourth-order valence-electron chi connectivity index (χ4n) is 5.06. The van der Waals surface area contributed by atoms with Crippen molar-refractivity contribution in [3.8, 4) is 0 Å². The van der Waals surface area contributed by atoms with Crippen LogP contribution >= 0.6 is 11.3 Å². The molecule has 4 heterocycles. The third-order valence-electron chi connectivity index (χ3n) is 7.00. The van der Waals surface area contributed by atoms with Gasteiger partial charge in [0.15, 0.2) is 0 Å². The maximum atomic E-state index is 12.8.